The van der Waals surface area contributed by atoms with Gasteiger partial charge >= 0.3 is 0 Å². The summed E-state index contributed by atoms with van der Waals surface area (Å²) in [6.07, 6.45) is 0. The first kappa shape index (κ1) is 13.0. The molecule has 0 aliphatic rings. The third kappa shape index (κ3) is 2.26. The standard InChI is InChI=1S/C13H9BrClN3S/c1-6-9(14)4-3-8-11(6)17-13(18-12(8)15)10-5-19-7(2)16-10/h3-5H,1-2H3. The molecule has 0 amide bonds. The molecule has 0 bridgehead atoms. The Morgan fingerprint density at radius 3 is 2.63 bits per heavy atom. The van der Waals surface area contributed by atoms with Crippen molar-refractivity contribution >= 4 is 49.8 Å². The van der Waals surface area contributed by atoms with E-state index < -0.39 is 0 Å². The first-order chi connectivity index (χ1) is 9.06. The van der Waals surface area contributed by atoms with Gasteiger partial charge in [0.15, 0.2) is 5.82 Å². The van der Waals surface area contributed by atoms with Crippen LogP contribution in [0.1, 0.15) is 10.6 Å². The number of aromatic nitrogens is 3. The molecule has 0 saturated carbocycles. The number of aryl methyl sites for hydroxylation is 2. The van der Waals surface area contributed by atoms with E-state index in [9.17, 15) is 0 Å². The predicted molar refractivity (Wildman–Crippen MR) is 82.8 cm³/mol. The largest absolute Gasteiger partial charge is 0.238 e. The molecule has 1 aromatic carbocycles. The molecule has 0 spiro atoms. The maximum absolute atomic E-state index is 6.25. The molecule has 3 rings (SSSR count). The highest BCUT2D eigenvalue weighted by Crippen LogP contribution is 2.30. The summed E-state index contributed by atoms with van der Waals surface area (Å²) in [6, 6.07) is 3.88. The van der Waals surface area contributed by atoms with E-state index in [-0.39, 0.29) is 0 Å². The highest BCUT2D eigenvalue weighted by Gasteiger charge is 2.12. The lowest BCUT2D eigenvalue weighted by molar-refractivity contribution is 1.17. The van der Waals surface area contributed by atoms with Crippen LogP contribution in [0.3, 0.4) is 0 Å². The molecule has 0 saturated heterocycles. The van der Waals surface area contributed by atoms with Gasteiger partial charge in [0.25, 0.3) is 0 Å². The first-order valence-corrected chi connectivity index (χ1v) is 7.66. The van der Waals surface area contributed by atoms with Gasteiger partial charge in [0.1, 0.15) is 10.8 Å². The summed E-state index contributed by atoms with van der Waals surface area (Å²) in [5.74, 6) is 0.572. The summed E-state index contributed by atoms with van der Waals surface area (Å²) in [6.45, 7) is 3.96. The maximum atomic E-state index is 6.25. The minimum absolute atomic E-state index is 0.459. The Kier molecular flexibility index (Phi) is 3.28. The van der Waals surface area contributed by atoms with Crippen LogP contribution >= 0.6 is 38.9 Å². The Balaban J connectivity index is 2.31. The fraction of sp³-hybridized carbons (Fsp3) is 0.154. The Morgan fingerprint density at radius 2 is 1.95 bits per heavy atom. The summed E-state index contributed by atoms with van der Waals surface area (Å²) in [5.41, 5.74) is 2.68. The van der Waals surface area contributed by atoms with E-state index in [0.29, 0.717) is 11.0 Å². The summed E-state index contributed by atoms with van der Waals surface area (Å²) >= 11 is 11.3. The van der Waals surface area contributed by atoms with E-state index in [1.807, 2.05) is 31.4 Å². The highest BCUT2D eigenvalue weighted by atomic mass is 79.9. The number of thiazole rings is 1. The topological polar surface area (TPSA) is 38.7 Å². The summed E-state index contributed by atoms with van der Waals surface area (Å²) in [7, 11) is 0. The minimum Gasteiger partial charge on any atom is -0.238 e. The average Bonchev–Trinajstić information content (AvgIpc) is 2.81. The van der Waals surface area contributed by atoms with Crippen LogP contribution in [0.15, 0.2) is 22.0 Å². The zero-order valence-corrected chi connectivity index (χ0v) is 13.4. The van der Waals surface area contributed by atoms with Crippen LogP contribution in [-0.4, -0.2) is 15.0 Å². The van der Waals surface area contributed by atoms with E-state index in [4.69, 9.17) is 11.6 Å². The molecule has 3 aromatic rings. The molecule has 0 fully saturated rings. The predicted octanol–water partition coefficient (Wildman–Crippen LogP) is 4.79. The number of halogens is 2. The lowest BCUT2D eigenvalue weighted by Crippen LogP contribution is -1.94. The fourth-order valence-corrected chi connectivity index (χ4v) is 2.99. The third-order valence-corrected chi connectivity index (χ3v) is 4.78. The van der Waals surface area contributed by atoms with Crippen molar-refractivity contribution in [3.8, 4) is 11.5 Å². The van der Waals surface area contributed by atoms with Crippen LogP contribution < -0.4 is 0 Å². The van der Waals surface area contributed by atoms with Crippen molar-refractivity contribution in [2.24, 2.45) is 0 Å². The van der Waals surface area contributed by atoms with Crippen LogP contribution in [0.5, 0.6) is 0 Å². The Morgan fingerprint density at radius 1 is 1.16 bits per heavy atom. The van der Waals surface area contributed by atoms with Gasteiger partial charge in [-0.15, -0.1) is 11.3 Å². The summed E-state index contributed by atoms with van der Waals surface area (Å²) in [5, 5.41) is 4.25. The minimum atomic E-state index is 0.459. The van der Waals surface area contributed by atoms with Crippen LogP contribution in [0.2, 0.25) is 5.15 Å². The monoisotopic (exact) mass is 353 g/mol. The van der Waals surface area contributed by atoms with Gasteiger partial charge in [0.2, 0.25) is 0 Å². The van der Waals surface area contributed by atoms with E-state index in [2.05, 4.69) is 30.9 Å². The molecule has 0 N–H and O–H groups in total. The van der Waals surface area contributed by atoms with Gasteiger partial charge < -0.3 is 0 Å². The van der Waals surface area contributed by atoms with Crippen LogP contribution in [0, 0.1) is 13.8 Å². The first-order valence-electron chi connectivity index (χ1n) is 5.61. The quantitative estimate of drug-likeness (QED) is 0.590. The Labute approximate surface area is 127 Å². The van der Waals surface area contributed by atoms with Crippen molar-refractivity contribution in [3.05, 3.63) is 37.7 Å². The van der Waals surface area contributed by atoms with Crippen molar-refractivity contribution in [3.63, 3.8) is 0 Å². The molecule has 6 heteroatoms. The molecular formula is C13H9BrClN3S. The van der Waals surface area contributed by atoms with Gasteiger partial charge in [-0.1, -0.05) is 27.5 Å². The van der Waals surface area contributed by atoms with Gasteiger partial charge in [0, 0.05) is 15.2 Å². The second kappa shape index (κ2) is 4.81. The second-order valence-corrected chi connectivity index (χ2v) is 6.43. The smallest absolute Gasteiger partial charge is 0.181 e. The van der Waals surface area contributed by atoms with E-state index >= 15 is 0 Å². The second-order valence-electron chi connectivity index (χ2n) is 4.16. The molecule has 0 aliphatic carbocycles. The molecule has 0 atom stereocenters. The number of hydrogen-bond donors (Lipinski definition) is 0. The fourth-order valence-electron chi connectivity index (χ4n) is 1.85. The highest BCUT2D eigenvalue weighted by molar-refractivity contribution is 9.10. The zero-order valence-electron chi connectivity index (χ0n) is 10.2. The number of nitrogens with zero attached hydrogens (tertiary/aromatic N) is 3. The van der Waals surface area contributed by atoms with Gasteiger partial charge in [0.05, 0.1) is 10.5 Å². The molecule has 2 aromatic heterocycles. The van der Waals surface area contributed by atoms with Crippen molar-refractivity contribution in [2.45, 2.75) is 13.8 Å². The van der Waals surface area contributed by atoms with Crippen molar-refractivity contribution < 1.29 is 0 Å². The van der Waals surface area contributed by atoms with Gasteiger partial charge in [-0.05, 0) is 31.5 Å². The Hall–Kier alpha value is -1.04. The third-order valence-electron chi connectivity index (χ3n) is 2.86. The molecular weight excluding hydrogens is 346 g/mol. The number of hydrogen-bond acceptors (Lipinski definition) is 4. The van der Waals surface area contributed by atoms with Crippen molar-refractivity contribution in [1.82, 2.24) is 15.0 Å². The normalized spacial score (nSPS) is 11.2. The maximum Gasteiger partial charge on any atom is 0.181 e. The van der Waals surface area contributed by atoms with Gasteiger partial charge in [-0.25, -0.2) is 15.0 Å². The number of benzene rings is 1. The molecule has 3 nitrogen and oxygen atoms in total. The summed E-state index contributed by atoms with van der Waals surface area (Å²) in [4.78, 5) is 13.3. The van der Waals surface area contributed by atoms with Crippen molar-refractivity contribution in [2.75, 3.05) is 0 Å². The van der Waals surface area contributed by atoms with E-state index in [1.165, 1.54) is 0 Å². The number of fused-ring (bicyclic) bond motifs is 1. The van der Waals surface area contributed by atoms with Crippen LogP contribution in [0.4, 0.5) is 0 Å². The van der Waals surface area contributed by atoms with Gasteiger partial charge in [-0.3, -0.25) is 0 Å². The summed E-state index contributed by atoms with van der Waals surface area (Å²) < 4.78 is 1.01. The zero-order chi connectivity index (χ0) is 13.6. The van der Waals surface area contributed by atoms with E-state index in [1.54, 1.807) is 11.3 Å². The lowest BCUT2D eigenvalue weighted by atomic mass is 10.1. The molecule has 0 aliphatic heterocycles. The van der Waals surface area contributed by atoms with Crippen molar-refractivity contribution in [1.29, 1.82) is 0 Å². The molecule has 0 radical (unpaired) electrons. The van der Waals surface area contributed by atoms with Crippen LogP contribution in [0.25, 0.3) is 22.4 Å². The van der Waals surface area contributed by atoms with Crippen LogP contribution in [-0.2, 0) is 0 Å². The van der Waals surface area contributed by atoms with Gasteiger partial charge in [-0.2, -0.15) is 0 Å². The molecule has 96 valence electrons. The SMILES string of the molecule is Cc1nc(-c2nc(Cl)c3ccc(Br)c(C)c3n2)cs1. The van der Waals surface area contributed by atoms with E-state index in [0.717, 1.165) is 31.6 Å². The number of rotatable bonds is 1. The molecule has 19 heavy (non-hydrogen) atoms. The average molecular weight is 355 g/mol. The Bertz CT molecular complexity index is 785. The molecule has 0 unspecified atom stereocenters. The lowest BCUT2D eigenvalue weighted by Gasteiger charge is -2.06. The molecule has 2 heterocycles.